The fourth-order valence-electron chi connectivity index (χ4n) is 4.29. The predicted octanol–water partition coefficient (Wildman–Crippen LogP) is 2.16. The molecule has 2 heterocycles. The van der Waals surface area contributed by atoms with Crippen LogP contribution in [0.25, 0.3) is 0 Å². The summed E-state index contributed by atoms with van der Waals surface area (Å²) in [5.74, 6) is 1.47. The van der Waals surface area contributed by atoms with Crippen molar-refractivity contribution in [2.45, 2.75) is 70.0 Å². The summed E-state index contributed by atoms with van der Waals surface area (Å²) in [6.07, 6.45) is 8.61. The van der Waals surface area contributed by atoms with Crippen molar-refractivity contribution in [2.75, 3.05) is 7.05 Å². The molecule has 0 aromatic rings. The Hall–Kier alpha value is -0.570. The molecule has 1 aliphatic carbocycles. The Labute approximate surface area is 110 Å². The summed E-state index contributed by atoms with van der Waals surface area (Å²) < 4.78 is 0. The van der Waals surface area contributed by atoms with E-state index in [0.29, 0.717) is 24.0 Å². The summed E-state index contributed by atoms with van der Waals surface area (Å²) in [5, 5.41) is 3.58. The van der Waals surface area contributed by atoms with Crippen LogP contribution in [-0.4, -0.2) is 36.0 Å². The van der Waals surface area contributed by atoms with Gasteiger partial charge in [-0.25, -0.2) is 0 Å². The van der Waals surface area contributed by atoms with E-state index in [0.717, 1.165) is 12.3 Å². The molecule has 0 aromatic carbocycles. The Morgan fingerprint density at radius 1 is 1.17 bits per heavy atom. The van der Waals surface area contributed by atoms with E-state index in [1.165, 1.54) is 38.5 Å². The van der Waals surface area contributed by atoms with Crippen molar-refractivity contribution in [1.82, 2.24) is 10.2 Å². The highest BCUT2D eigenvalue weighted by atomic mass is 16.2. The van der Waals surface area contributed by atoms with Crippen LogP contribution in [0.1, 0.15) is 51.9 Å². The molecule has 3 heteroatoms. The summed E-state index contributed by atoms with van der Waals surface area (Å²) in [6, 6.07) is 1.61. The van der Waals surface area contributed by atoms with Crippen molar-refractivity contribution in [3.8, 4) is 0 Å². The highest BCUT2D eigenvalue weighted by Gasteiger charge is 2.44. The van der Waals surface area contributed by atoms with Crippen LogP contribution in [0.5, 0.6) is 0 Å². The fourth-order valence-corrected chi connectivity index (χ4v) is 4.29. The summed E-state index contributed by atoms with van der Waals surface area (Å²) >= 11 is 0. The summed E-state index contributed by atoms with van der Waals surface area (Å²) in [6.45, 7) is 2.32. The number of hydrogen-bond acceptors (Lipinski definition) is 2. The van der Waals surface area contributed by atoms with Crippen LogP contribution in [-0.2, 0) is 4.79 Å². The second-order valence-corrected chi connectivity index (χ2v) is 6.76. The maximum atomic E-state index is 12.6. The van der Waals surface area contributed by atoms with Crippen molar-refractivity contribution in [3.63, 3.8) is 0 Å². The maximum absolute atomic E-state index is 12.6. The Morgan fingerprint density at radius 2 is 2.00 bits per heavy atom. The molecule has 0 spiro atoms. The zero-order valence-electron chi connectivity index (χ0n) is 11.7. The lowest BCUT2D eigenvalue weighted by Crippen LogP contribution is -2.45. The molecule has 2 bridgehead atoms. The fraction of sp³-hybridized carbons (Fsp3) is 0.933. The molecule has 3 rings (SSSR count). The largest absolute Gasteiger partial charge is 0.342 e. The van der Waals surface area contributed by atoms with Gasteiger partial charge in [0.05, 0.1) is 5.92 Å². The Balaban J connectivity index is 1.61. The van der Waals surface area contributed by atoms with E-state index in [1.807, 2.05) is 7.05 Å². The number of carbonyl (C=O) groups is 1. The van der Waals surface area contributed by atoms with Gasteiger partial charge in [-0.2, -0.15) is 0 Å². The summed E-state index contributed by atoms with van der Waals surface area (Å²) in [7, 11) is 2.04. The Bertz CT molecular complexity index is 330. The van der Waals surface area contributed by atoms with Gasteiger partial charge in [0.15, 0.2) is 0 Å². The number of carbonyl (C=O) groups excluding carboxylic acids is 1. The SMILES string of the molecule is CC1CCCC(N(C)C(=O)C2CC3CCC2N3)C1. The van der Waals surface area contributed by atoms with Crippen LogP contribution in [0.3, 0.4) is 0 Å². The first-order valence-electron chi connectivity index (χ1n) is 7.68. The third kappa shape index (κ3) is 2.18. The number of nitrogens with zero attached hydrogens (tertiary/aromatic N) is 1. The molecule has 102 valence electrons. The third-order valence-corrected chi connectivity index (χ3v) is 5.42. The standard InChI is InChI=1S/C15H26N2O/c1-10-4-3-5-12(8-10)17(2)15(18)13-9-11-6-7-14(13)16-11/h10-14,16H,3-9H2,1-2H3. The monoisotopic (exact) mass is 250 g/mol. The van der Waals surface area contributed by atoms with Crippen LogP contribution < -0.4 is 5.32 Å². The molecule has 1 amide bonds. The van der Waals surface area contributed by atoms with Crippen molar-refractivity contribution in [2.24, 2.45) is 11.8 Å². The molecule has 3 aliphatic rings. The third-order valence-electron chi connectivity index (χ3n) is 5.42. The smallest absolute Gasteiger partial charge is 0.227 e. The first kappa shape index (κ1) is 12.5. The summed E-state index contributed by atoms with van der Waals surface area (Å²) in [5.41, 5.74) is 0. The Kier molecular flexibility index (Phi) is 3.35. The van der Waals surface area contributed by atoms with Gasteiger partial charge in [0.25, 0.3) is 0 Å². The first-order valence-corrected chi connectivity index (χ1v) is 7.68. The highest BCUT2D eigenvalue weighted by molar-refractivity contribution is 5.80. The average Bonchev–Trinajstić information content (AvgIpc) is 2.99. The van der Waals surface area contributed by atoms with Crippen molar-refractivity contribution in [3.05, 3.63) is 0 Å². The van der Waals surface area contributed by atoms with Crippen LogP contribution >= 0.6 is 0 Å². The quantitative estimate of drug-likeness (QED) is 0.814. The molecule has 3 fully saturated rings. The zero-order valence-corrected chi connectivity index (χ0v) is 11.7. The van der Waals surface area contributed by atoms with Gasteiger partial charge in [0, 0.05) is 25.2 Å². The van der Waals surface area contributed by atoms with Crippen LogP contribution in [0.15, 0.2) is 0 Å². The van der Waals surface area contributed by atoms with E-state index in [1.54, 1.807) is 0 Å². The molecule has 2 saturated heterocycles. The lowest BCUT2D eigenvalue weighted by Gasteiger charge is -2.36. The second-order valence-electron chi connectivity index (χ2n) is 6.76. The maximum Gasteiger partial charge on any atom is 0.227 e. The van der Waals surface area contributed by atoms with Gasteiger partial charge in [0.2, 0.25) is 5.91 Å². The number of fused-ring (bicyclic) bond motifs is 2. The summed E-state index contributed by atoms with van der Waals surface area (Å²) in [4.78, 5) is 14.7. The molecular weight excluding hydrogens is 224 g/mol. The van der Waals surface area contributed by atoms with E-state index in [4.69, 9.17) is 0 Å². The molecule has 1 saturated carbocycles. The number of nitrogens with one attached hydrogen (secondary N) is 1. The minimum Gasteiger partial charge on any atom is -0.342 e. The topological polar surface area (TPSA) is 32.3 Å². The second kappa shape index (κ2) is 4.84. The normalized spacial score (nSPS) is 43.1. The van der Waals surface area contributed by atoms with Gasteiger partial charge in [-0.15, -0.1) is 0 Å². The molecule has 5 unspecified atom stereocenters. The lowest BCUT2D eigenvalue weighted by atomic mass is 9.84. The minimum absolute atomic E-state index is 0.269. The molecule has 3 nitrogen and oxygen atoms in total. The van der Waals surface area contributed by atoms with Gasteiger partial charge in [-0.1, -0.05) is 19.8 Å². The molecule has 2 aliphatic heterocycles. The van der Waals surface area contributed by atoms with Gasteiger partial charge in [-0.05, 0) is 38.0 Å². The molecule has 0 radical (unpaired) electrons. The number of hydrogen-bond donors (Lipinski definition) is 1. The number of amides is 1. The lowest BCUT2D eigenvalue weighted by molar-refractivity contribution is -0.137. The first-order chi connectivity index (χ1) is 8.65. The van der Waals surface area contributed by atoms with Crippen LogP contribution in [0.4, 0.5) is 0 Å². The van der Waals surface area contributed by atoms with Crippen molar-refractivity contribution in [1.29, 1.82) is 0 Å². The van der Waals surface area contributed by atoms with Gasteiger partial charge in [0.1, 0.15) is 0 Å². The zero-order chi connectivity index (χ0) is 12.7. The molecule has 5 atom stereocenters. The molecule has 1 N–H and O–H groups in total. The molecule has 0 aromatic heterocycles. The van der Waals surface area contributed by atoms with Gasteiger partial charge < -0.3 is 10.2 Å². The average molecular weight is 250 g/mol. The predicted molar refractivity (Wildman–Crippen MR) is 72.2 cm³/mol. The minimum atomic E-state index is 0.269. The van der Waals surface area contributed by atoms with E-state index in [2.05, 4.69) is 17.1 Å². The van der Waals surface area contributed by atoms with Gasteiger partial charge in [-0.3, -0.25) is 4.79 Å². The highest BCUT2D eigenvalue weighted by Crippen LogP contribution is 2.35. The van der Waals surface area contributed by atoms with Gasteiger partial charge >= 0.3 is 0 Å². The van der Waals surface area contributed by atoms with E-state index >= 15 is 0 Å². The van der Waals surface area contributed by atoms with Crippen LogP contribution in [0, 0.1) is 11.8 Å². The van der Waals surface area contributed by atoms with E-state index < -0.39 is 0 Å². The van der Waals surface area contributed by atoms with E-state index in [9.17, 15) is 4.79 Å². The van der Waals surface area contributed by atoms with Crippen molar-refractivity contribution >= 4 is 5.91 Å². The van der Waals surface area contributed by atoms with Crippen molar-refractivity contribution < 1.29 is 4.79 Å². The Morgan fingerprint density at radius 3 is 2.61 bits per heavy atom. The molecular formula is C15H26N2O. The van der Waals surface area contributed by atoms with E-state index in [-0.39, 0.29) is 5.92 Å². The van der Waals surface area contributed by atoms with Crippen LogP contribution in [0.2, 0.25) is 0 Å². The number of rotatable bonds is 2. The molecule has 18 heavy (non-hydrogen) atoms.